The smallest absolute Gasteiger partial charge is 0.358 e. The number of nitrogens with two attached hydrogens (primary N) is 1. The minimum absolute atomic E-state index is 0.0828. The zero-order valence-electron chi connectivity index (χ0n) is 15.4. The summed E-state index contributed by atoms with van der Waals surface area (Å²) in [5.41, 5.74) is 7.76. The predicted octanol–water partition coefficient (Wildman–Crippen LogP) is 2.66. The number of amides is 1. The number of primary amides is 1. The number of ketones is 1. The summed E-state index contributed by atoms with van der Waals surface area (Å²) in [7, 11) is 0. The van der Waals surface area contributed by atoms with E-state index in [1.807, 2.05) is 24.3 Å². The molecule has 29 heavy (non-hydrogen) atoms. The summed E-state index contributed by atoms with van der Waals surface area (Å²) in [6.45, 7) is 0. The second-order valence-electron chi connectivity index (χ2n) is 6.82. The minimum atomic E-state index is -0.756. The summed E-state index contributed by atoms with van der Waals surface area (Å²) in [6, 6.07) is 19.1. The third-order valence-corrected chi connectivity index (χ3v) is 5.03. The van der Waals surface area contributed by atoms with Gasteiger partial charge in [-0.25, -0.2) is 9.78 Å². The van der Waals surface area contributed by atoms with Crippen molar-refractivity contribution in [2.75, 3.05) is 0 Å². The molecule has 0 radical (unpaired) electrons. The highest BCUT2D eigenvalue weighted by molar-refractivity contribution is 6.13. The first-order chi connectivity index (χ1) is 14.1. The van der Waals surface area contributed by atoms with Gasteiger partial charge >= 0.3 is 5.97 Å². The van der Waals surface area contributed by atoms with Crippen LogP contribution in [0.5, 0.6) is 0 Å². The fourth-order valence-electron chi connectivity index (χ4n) is 3.69. The second-order valence-corrected chi connectivity index (χ2v) is 6.82. The summed E-state index contributed by atoms with van der Waals surface area (Å²) >= 11 is 0. The van der Waals surface area contributed by atoms with Crippen LogP contribution in [0.4, 0.5) is 0 Å². The number of hydrogen-bond donors (Lipinski definition) is 1. The number of rotatable bonds is 5. The molecular weight excluding hydrogens is 368 g/mol. The van der Waals surface area contributed by atoms with E-state index in [-0.39, 0.29) is 17.0 Å². The Bertz CT molecular complexity index is 1090. The van der Waals surface area contributed by atoms with E-state index in [1.54, 1.807) is 36.4 Å². The molecule has 0 saturated heterocycles. The number of ether oxygens (including phenoxy) is 1. The molecule has 1 aromatic heterocycles. The number of nitrogens with zero attached hydrogens (tertiary/aromatic N) is 1. The molecular formula is C23H18N2O4. The van der Waals surface area contributed by atoms with Crippen LogP contribution in [0, 0.1) is 0 Å². The van der Waals surface area contributed by atoms with Gasteiger partial charge < -0.3 is 10.5 Å². The van der Waals surface area contributed by atoms with E-state index < -0.39 is 23.9 Å². The summed E-state index contributed by atoms with van der Waals surface area (Å²) < 4.78 is 5.63. The Labute approximate surface area is 167 Å². The Morgan fingerprint density at radius 1 is 0.931 bits per heavy atom. The van der Waals surface area contributed by atoms with Gasteiger partial charge in [0, 0.05) is 18.2 Å². The van der Waals surface area contributed by atoms with Gasteiger partial charge in [0.15, 0.2) is 11.5 Å². The van der Waals surface area contributed by atoms with Gasteiger partial charge in [0.05, 0.1) is 5.56 Å². The average Bonchev–Trinajstić information content (AvgIpc) is 3.11. The quantitative estimate of drug-likeness (QED) is 0.537. The molecule has 0 fully saturated rings. The molecule has 0 spiro atoms. The number of carbonyl (C=O) groups is 3. The molecule has 1 aliphatic rings. The first-order valence-electron chi connectivity index (χ1n) is 9.19. The third-order valence-electron chi connectivity index (χ3n) is 5.03. The number of hydrogen-bond acceptors (Lipinski definition) is 5. The first kappa shape index (κ1) is 18.6. The van der Waals surface area contributed by atoms with Gasteiger partial charge in [0.25, 0.3) is 0 Å². The van der Waals surface area contributed by atoms with Crippen molar-refractivity contribution in [3.8, 4) is 0 Å². The number of benzene rings is 2. The zero-order valence-corrected chi connectivity index (χ0v) is 15.4. The van der Waals surface area contributed by atoms with E-state index in [0.29, 0.717) is 12.0 Å². The molecule has 2 unspecified atom stereocenters. The van der Waals surface area contributed by atoms with Gasteiger partial charge in [-0.15, -0.1) is 0 Å². The summed E-state index contributed by atoms with van der Waals surface area (Å²) in [4.78, 5) is 41.8. The van der Waals surface area contributed by atoms with Gasteiger partial charge in [-0.2, -0.15) is 0 Å². The molecule has 0 aliphatic heterocycles. The van der Waals surface area contributed by atoms with Crippen LogP contribution >= 0.6 is 0 Å². The molecule has 0 bridgehead atoms. The maximum atomic E-state index is 12.9. The lowest BCUT2D eigenvalue weighted by Crippen LogP contribution is -2.32. The lowest BCUT2D eigenvalue weighted by molar-refractivity contribution is -0.121. The fraction of sp³-hybridized carbons (Fsp3) is 0.130. The zero-order chi connectivity index (χ0) is 20.4. The molecule has 1 amide bonds. The number of fused-ring (bicyclic) bond motifs is 1. The molecule has 3 aromatic rings. The van der Waals surface area contributed by atoms with Crippen LogP contribution in [-0.2, 0) is 16.0 Å². The molecule has 6 nitrogen and oxygen atoms in total. The lowest BCUT2D eigenvalue weighted by Gasteiger charge is -2.18. The SMILES string of the molecule is NC(=O)C1c2ccccc2CC1OC(=O)c1ncccc1C(=O)c1ccccc1. The summed E-state index contributed by atoms with van der Waals surface area (Å²) in [5, 5.41) is 0. The summed E-state index contributed by atoms with van der Waals surface area (Å²) in [6.07, 6.45) is 1.07. The van der Waals surface area contributed by atoms with Gasteiger partial charge in [-0.3, -0.25) is 9.59 Å². The monoisotopic (exact) mass is 386 g/mol. The Kier molecular flexibility index (Phi) is 4.91. The molecule has 6 heteroatoms. The van der Waals surface area contributed by atoms with Crippen LogP contribution in [-0.4, -0.2) is 28.7 Å². The maximum absolute atomic E-state index is 12.9. The van der Waals surface area contributed by atoms with Crippen LogP contribution in [0.25, 0.3) is 0 Å². The van der Waals surface area contributed by atoms with Crippen molar-refractivity contribution in [1.82, 2.24) is 4.98 Å². The number of carbonyl (C=O) groups excluding carboxylic acids is 3. The molecule has 144 valence electrons. The van der Waals surface area contributed by atoms with Crippen molar-refractivity contribution in [3.05, 3.63) is 101 Å². The molecule has 2 N–H and O–H groups in total. The van der Waals surface area contributed by atoms with Crippen molar-refractivity contribution >= 4 is 17.7 Å². The van der Waals surface area contributed by atoms with Gasteiger partial charge in [0.2, 0.25) is 5.91 Å². The van der Waals surface area contributed by atoms with Crippen LogP contribution < -0.4 is 5.73 Å². The Morgan fingerprint density at radius 3 is 2.41 bits per heavy atom. The van der Waals surface area contributed by atoms with Gasteiger partial charge in [-0.1, -0.05) is 54.6 Å². The molecule has 2 atom stereocenters. The molecule has 1 aliphatic carbocycles. The topological polar surface area (TPSA) is 99.4 Å². The van der Waals surface area contributed by atoms with Crippen LogP contribution in [0.2, 0.25) is 0 Å². The van der Waals surface area contributed by atoms with Gasteiger partial charge in [-0.05, 0) is 23.3 Å². The van der Waals surface area contributed by atoms with E-state index in [9.17, 15) is 14.4 Å². The molecule has 0 saturated carbocycles. The minimum Gasteiger partial charge on any atom is -0.456 e. The van der Waals surface area contributed by atoms with Crippen molar-refractivity contribution in [2.45, 2.75) is 18.4 Å². The highest BCUT2D eigenvalue weighted by atomic mass is 16.5. The normalized spacial score (nSPS) is 17.4. The Balaban J connectivity index is 1.62. The van der Waals surface area contributed by atoms with Crippen LogP contribution in [0.3, 0.4) is 0 Å². The van der Waals surface area contributed by atoms with Crippen molar-refractivity contribution < 1.29 is 19.1 Å². The van der Waals surface area contributed by atoms with E-state index in [0.717, 1.165) is 11.1 Å². The van der Waals surface area contributed by atoms with Crippen molar-refractivity contribution in [3.63, 3.8) is 0 Å². The van der Waals surface area contributed by atoms with E-state index in [4.69, 9.17) is 10.5 Å². The maximum Gasteiger partial charge on any atom is 0.358 e. The average molecular weight is 386 g/mol. The predicted molar refractivity (Wildman–Crippen MR) is 105 cm³/mol. The number of pyridine rings is 1. The van der Waals surface area contributed by atoms with Crippen molar-refractivity contribution in [2.24, 2.45) is 5.73 Å². The van der Waals surface area contributed by atoms with E-state index in [1.165, 1.54) is 12.3 Å². The standard InChI is InChI=1S/C23H18N2O4/c24-22(27)19-16-10-5-4-9-15(16)13-18(19)29-23(28)20-17(11-6-12-25-20)21(26)14-7-2-1-3-8-14/h1-12,18-19H,13H2,(H2,24,27). The third kappa shape index (κ3) is 3.52. The molecule has 2 aromatic carbocycles. The highest BCUT2D eigenvalue weighted by Gasteiger charge is 2.39. The van der Waals surface area contributed by atoms with E-state index in [2.05, 4.69) is 4.98 Å². The Morgan fingerprint density at radius 2 is 1.66 bits per heavy atom. The van der Waals surface area contributed by atoms with E-state index >= 15 is 0 Å². The fourth-order valence-corrected chi connectivity index (χ4v) is 3.69. The van der Waals surface area contributed by atoms with Crippen LogP contribution in [0.15, 0.2) is 72.9 Å². The van der Waals surface area contributed by atoms with Crippen LogP contribution in [0.1, 0.15) is 43.5 Å². The lowest BCUT2D eigenvalue weighted by atomic mass is 9.99. The first-order valence-corrected chi connectivity index (χ1v) is 9.19. The number of aromatic nitrogens is 1. The Hall–Kier alpha value is -3.80. The number of esters is 1. The second kappa shape index (κ2) is 7.67. The molecule has 4 rings (SSSR count). The highest BCUT2D eigenvalue weighted by Crippen LogP contribution is 2.35. The molecule has 1 heterocycles. The van der Waals surface area contributed by atoms with Gasteiger partial charge in [0.1, 0.15) is 12.0 Å². The largest absolute Gasteiger partial charge is 0.456 e. The van der Waals surface area contributed by atoms with Crippen molar-refractivity contribution in [1.29, 1.82) is 0 Å². The summed E-state index contributed by atoms with van der Waals surface area (Å²) in [5.74, 6) is -2.37.